The number of aromatic nitrogens is 1. The minimum Gasteiger partial charge on any atom is -0.357 e. The van der Waals surface area contributed by atoms with Crippen LogP contribution in [-0.2, 0) is 13.0 Å². The SMILES string of the molecule is CCNC(=NCc1nc(C(C)C)cs1)NCC1C2Cc3ccccc3C12.I. The van der Waals surface area contributed by atoms with Crippen molar-refractivity contribution in [2.24, 2.45) is 16.8 Å². The van der Waals surface area contributed by atoms with Crippen LogP contribution in [0.2, 0.25) is 0 Å². The molecule has 0 amide bonds. The maximum Gasteiger partial charge on any atom is 0.191 e. The van der Waals surface area contributed by atoms with E-state index in [4.69, 9.17) is 4.99 Å². The molecule has 2 aliphatic carbocycles. The van der Waals surface area contributed by atoms with Gasteiger partial charge in [-0.2, -0.15) is 0 Å². The van der Waals surface area contributed by atoms with Gasteiger partial charge in [-0.1, -0.05) is 38.1 Å². The Bertz CT molecular complexity index is 801. The molecule has 3 atom stereocenters. The van der Waals surface area contributed by atoms with Gasteiger partial charge in [0.25, 0.3) is 0 Å². The zero-order chi connectivity index (χ0) is 18.1. The third kappa shape index (κ3) is 4.47. The second-order valence-corrected chi connectivity index (χ2v) is 8.60. The number of nitrogens with one attached hydrogen (secondary N) is 2. The van der Waals surface area contributed by atoms with Crippen LogP contribution < -0.4 is 10.6 Å². The highest BCUT2D eigenvalue weighted by molar-refractivity contribution is 14.0. The molecule has 1 fully saturated rings. The largest absolute Gasteiger partial charge is 0.357 e. The van der Waals surface area contributed by atoms with Crippen molar-refractivity contribution in [2.75, 3.05) is 13.1 Å². The van der Waals surface area contributed by atoms with Crippen LogP contribution in [0.1, 0.15) is 54.4 Å². The van der Waals surface area contributed by atoms with Crippen LogP contribution in [0.3, 0.4) is 0 Å². The number of hydrogen-bond donors (Lipinski definition) is 2. The lowest BCUT2D eigenvalue weighted by molar-refractivity contribution is 0.654. The summed E-state index contributed by atoms with van der Waals surface area (Å²) in [6.07, 6.45) is 1.25. The molecule has 146 valence electrons. The summed E-state index contributed by atoms with van der Waals surface area (Å²) in [4.78, 5) is 9.41. The zero-order valence-corrected chi connectivity index (χ0v) is 19.4. The van der Waals surface area contributed by atoms with Crippen molar-refractivity contribution in [1.29, 1.82) is 0 Å². The normalized spacial score (nSPS) is 22.8. The molecule has 1 aromatic heterocycles. The predicted octanol–water partition coefficient (Wildman–Crippen LogP) is 4.53. The van der Waals surface area contributed by atoms with E-state index in [-0.39, 0.29) is 24.0 Å². The molecule has 4 rings (SSSR count). The van der Waals surface area contributed by atoms with Gasteiger partial charge in [-0.15, -0.1) is 35.3 Å². The van der Waals surface area contributed by atoms with E-state index in [0.29, 0.717) is 12.5 Å². The molecule has 0 radical (unpaired) electrons. The fourth-order valence-corrected chi connectivity index (χ4v) is 5.01. The van der Waals surface area contributed by atoms with Gasteiger partial charge in [0, 0.05) is 18.5 Å². The highest BCUT2D eigenvalue weighted by Gasteiger charge is 2.54. The van der Waals surface area contributed by atoms with E-state index in [1.165, 1.54) is 12.1 Å². The van der Waals surface area contributed by atoms with Crippen LogP contribution in [0.5, 0.6) is 0 Å². The molecule has 1 heterocycles. The van der Waals surface area contributed by atoms with E-state index in [2.05, 4.69) is 66.0 Å². The van der Waals surface area contributed by atoms with E-state index >= 15 is 0 Å². The molecule has 3 unspecified atom stereocenters. The number of halogens is 1. The van der Waals surface area contributed by atoms with Gasteiger partial charge in [0.15, 0.2) is 5.96 Å². The van der Waals surface area contributed by atoms with Gasteiger partial charge in [0.2, 0.25) is 0 Å². The summed E-state index contributed by atoms with van der Waals surface area (Å²) in [5.41, 5.74) is 4.31. The van der Waals surface area contributed by atoms with Crippen LogP contribution in [0.15, 0.2) is 34.6 Å². The number of fused-ring (bicyclic) bond motifs is 3. The average Bonchev–Trinajstić information content (AvgIpc) is 3.00. The van der Waals surface area contributed by atoms with E-state index in [1.807, 2.05) is 0 Å². The lowest BCUT2D eigenvalue weighted by atomic mass is 10.0. The summed E-state index contributed by atoms with van der Waals surface area (Å²) >= 11 is 1.71. The quantitative estimate of drug-likeness (QED) is 0.351. The number of guanidine groups is 1. The van der Waals surface area contributed by atoms with Gasteiger partial charge in [0.05, 0.1) is 12.2 Å². The highest BCUT2D eigenvalue weighted by atomic mass is 127. The van der Waals surface area contributed by atoms with Gasteiger partial charge in [0.1, 0.15) is 5.01 Å². The molecule has 4 nitrogen and oxygen atoms in total. The van der Waals surface area contributed by atoms with Crippen molar-refractivity contribution in [2.45, 2.75) is 45.6 Å². The van der Waals surface area contributed by atoms with Gasteiger partial charge in [-0.25, -0.2) is 9.98 Å². The molecule has 0 saturated heterocycles. The Morgan fingerprint density at radius 3 is 2.85 bits per heavy atom. The first-order valence-electron chi connectivity index (χ1n) is 9.71. The first kappa shape index (κ1) is 20.6. The summed E-state index contributed by atoms with van der Waals surface area (Å²) in [6, 6.07) is 8.94. The molecular formula is C21H29IN4S. The lowest BCUT2D eigenvalue weighted by Gasteiger charge is -2.12. The molecule has 1 saturated carbocycles. The van der Waals surface area contributed by atoms with E-state index in [0.717, 1.165) is 41.8 Å². The van der Waals surface area contributed by atoms with Crippen LogP contribution in [0.25, 0.3) is 0 Å². The van der Waals surface area contributed by atoms with E-state index < -0.39 is 0 Å². The third-order valence-corrected chi connectivity index (χ3v) is 6.44. The van der Waals surface area contributed by atoms with Crippen LogP contribution >= 0.6 is 35.3 Å². The highest BCUT2D eigenvalue weighted by Crippen LogP contribution is 2.60. The molecule has 0 aliphatic heterocycles. The second-order valence-electron chi connectivity index (χ2n) is 7.65. The van der Waals surface area contributed by atoms with Crippen molar-refractivity contribution in [3.8, 4) is 0 Å². The predicted molar refractivity (Wildman–Crippen MR) is 124 cm³/mol. The Labute approximate surface area is 183 Å². The van der Waals surface area contributed by atoms with E-state index in [1.54, 1.807) is 22.5 Å². The summed E-state index contributed by atoms with van der Waals surface area (Å²) in [5, 5.41) is 10.2. The molecule has 0 bridgehead atoms. The van der Waals surface area contributed by atoms with Crippen molar-refractivity contribution in [3.63, 3.8) is 0 Å². The number of nitrogens with zero attached hydrogens (tertiary/aromatic N) is 2. The lowest BCUT2D eigenvalue weighted by Crippen LogP contribution is -2.38. The van der Waals surface area contributed by atoms with Crippen molar-refractivity contribution in [3.05, 3.63) is 51.5 Å². The molecule has 27 heavy (non-hydrogen) atoms. The number of benzene rings is 1. The molecule has 2 N–H and O–H groups in total. The Morgan fingerprint density at radius 2 is 2.11 bits per heavy atom. The van der Waals surface area contributed by atoms with Crippen LogP contribution in [0.4, 0.5) is 0 Å². The summed E-state index contributed by atoms with van der Waals surface area (Å²) in [6.45, 7) is 9.00. The van der Waals surface area contributed by atoms with Crippen molar-refractivity contribution < 1.29 is 0 Å². The first-order valence-corrected chi connectivity index (χ1v) is 10.6. The number of thiazole rings is 1. The van der Waals surface area contributed by atoms with Gasteiger partial charge in [-0.3, -0.25) is 0 Å². The molecule has 6 heteroatoms. The molecular weight excluding hydrogens is 467 g/mol. The molecule has 1 aromatic carbocycles. The molecule has 2 aliphatic rings. The average molecular weight is 496 g/mol. The summed E-state index contributed by atoms with van der Waals surface area (Å²) in [5.74, 6) is 3.73. The van der Waals surface area contributed by atoms with Gasteiger partial charge >= 0.3 is 0 Å². The Kier molecular flexibility index (Phi) is 6.78. The smallest absolute Gasteiger partial charge is 0.191 e. The first-order chi connectivity index (χ1) is 12.7. The number of aliphatic imine (C=N–C) groups is 1. The zero-order valence-electron chi connectivity index (χ0n) is 16.2. The van der Waals surface area contributed by atoms with Crippen LogP contribution in [0, 0.1) is 11.8 Å². The second kappa shape index (κ2) is 8.90. The van der Waals surface area contributed by atoms with Crippen LogP contribution in [-0.4, -0.2) is 24.0 Å². The number of rotatable bonds is 6. The fraction of sp³-hybridized carbons (Fsp3) is 0.524. The topological polar surface area (TPSA) is 49.3 Å². The molecule has 2 aromatic rings. The summed E-state index contributed by atoms with van der Waals surface area (Å²) < 4.78 is 0. The summed E-state index contributed by atoms with van der Waals surface area (Å²) in [7, 11) is 0. The fourth-order valence-electron chi connectivity index (χ4n) is 4.13. The van der Waals surface area contributed by atoms with Gasteiger partial charge in [-0.05, 0) is 48.1 Å². The maximum atomic E-state index is 4.74. The monoisotopic (exact) mass is 496 g/mol. The van der Waals surface area contributed by atoms with E-state index in [9.17, 15) is 0 Å². The maximum absolute atomic E-state index is 4.74. The Morgan fingerprint density at radius 1 is 1.30 bits per heavy atom. The third-order valence-electron chi connectivity index (χ3n) is 5.58. The number of hydrogen-bond acceptors (Lipinski definition) is 3. The van der Waals surface area contributed by atoms with Gasteiger partial charge < -0.3 is 10.6 Å². The minimum absolute atomic E-state index is 0. The van der Waals surface area contributed by atoms with Crippen molar-refractivity contribution >= 4 is 41.3 Å². The Hall–Kier alpha value is -1.15. The minimum atomic E-state index is 0. The standard InChI is InChI=1S/C21H28N4S.HI/c1-4-22-21(24-11-19-25-18(12-26-19)13(2)3)23-10-17-16-9-14-7-5-6-8-15(14)20(16)17;/h5-8,12-13,16-17,20H,4,9-11H2,1-3H3,(H2,22,23,24);1H. The molecule has 0 spiro atoms. The van der Waals surface area contributed by atoms with Crippen molar-refractivity contribution in [1.82, 2.24) is 15.6 Å². The Balaban J connectivity index is 0.00000210.